The third-order valence-corrected chi connectivity index (χ3v) is 2.96. The Morgan fingerprint density at radius 1 is 1.20 bits per heavy atom. The van der Waals surface area contributed by atoms with Gasteiger partial charge in [-0.25, -0.2) is 0 Å². The van der Waals surface area contributed by atoms with Gasteiger partial charge < -0.3 is 14.6 Å². The van der Waals surface area contributed by atoms with Gasteiger partial charge in [-0.2, -0.15) is 0 Å². The van der Waals surface area contributed by atoms with E-state index in [1.165, 1.54) is 13.2 Å². The zero-order valence-corrected chi connectivity index (χ0v) is 11.4. The molecule has 104 valence electrons. The van der Waals surface area contributed by atoms with Gasteiger partial charge >= 0.3 is 0 Å². The lowest BCUT2D eigenvalue weighted by Gasteiger charge is -2.16. The smallest absolute Gasteiger partial charge is 0.169 e. The third-order valence-electron chi connectivity index (χ3n) is 2.96. The number of carbonyl (C=O) groups excluding carboxylic acids is 1. The maximum Gasteiger partial charge on any atom is 0.169 e. The van der Waals surface area contributed by atoms with E-state index in [-0.39, 0.29) is 11.5 Å². The second-order valence-corrected chi connectivity index (χ2v) is 4.13. The number of aldehydes is 1. The van der Waals surface area contributed by atoms with Crippen molar-refractivity contribution in [1.82, 2.24) is 0 Å². The molecule has 0 saturated heterocycles. The van der Waals surface area contributed by atoms with Crippen molar-refractivity contribution in [2.24, 2.45) is 0 Å². The van der Waals surface area contributed by atoms with Gasteiger partial charge in [-0.1, -0.05) is 18.2 Å². The minimum Gasteiger partial charge on any atom is -0.504 e. The summed E-state index contributed by atoms with van der Waals surface area (Å²) in [5.41, 5.74) is 1.68. The van der Waals surface area contributed by atoms with Crippen molar-refractivity contribution < 1.29 is 19.4 Å². The summed E-state index contributed by atoms with van der Waals surface area (Å²) in [5.74, 6) is 0.892. The Balaban J connectivity index is 2.74. The molecule has 0 aliphatic carbocycles. The second-order valence-electron chi connectivity index (χ2n) is 4.13. The van der Waals surface area contributed by atoms with Gasteiger partial charge in [-0.05, 0) is 25.1 Å². The maximum absolute atomic E-state index is 11.3. The van der Waals surface area contributed by atoms with E-state index in [1.807, 2.05) is 31.2 Å². The van der Waals surface area contributed by atoms with Crippen molar-refractivity contribution in [3.63, 3.8) is 0 Å². The summed E-state index contributed by atoms with van der Waals surface area (Å²) >= 11 is 0. The first kappa shape index (κ1) is 13.9. The van der Waals surface area contributed by atoms with E-state index in [0.29, 0.717) is 29.0 Å². The molecule has 4 nitrogen and oxygen atoms in total. The molecule has 0 atom stereocenters. The number of aromatic hydroxyl groups is 1. The third kappa shape index (κ3) is 2.45. The fourth-order valence-corrected chi connectivity index (χ4v) is 2.12. The quantitative estimate of drug-likeness (QED) is 0.849. The maximum atomic E-state index is 11.3. The lowest BCUT2D eigenvalue weighted by Crippen LogP contribution is -1.98. The Labute approximate surface area is 117 Å². The van der Waals surface area contributed by atoms with Crippen molar-refractivity contribution in [1.29, 1.82) is 0 Å². The number of methoxy groups -OCH3 is 1. The number of phenolic OH excluding ortho intramolecular Hbond substituents is 1. The Morgan fingerprint density at radius 3 is 2.60 bits per heavy atom. The highest BCUT2D eigenvalue weighted by Gasteiger charge is 2.18. The molecule has 0 aliphatic heterocycles. The van der Waals surface area contributed by atoms with Crippen molar-refractivity contribution in [3.8, 4) is 28.4 Å². The van der Waals surface area contributed by atoms with E-state index in [0.717, 1.165) is 6.29 Å². The van der Waals surface area contributed by atoms with Crippen LogP contribution in [0.1, 0.15) is 17.3 Å². The fourth-order valence-electron chi connectivity index (χ4n) is 2.12. The number of benzene rings is 2. The Hall–Kier alpha value is -2.49. The molecule has 0 fully saturated rings. The predicted molar refractivity (Wildman–Crippen MR) is 76.7 cm³/mol. The van der Waals surface area contributed by atoms with Crippen molar-refractivity contribution in [2.75, 3.05) is 13.7 Å². The first-order valence-corrected chi connectivity index (χ1v) is 6.30. The standard InChI is InChI=1S/C16H16O4/c1-3-20-14-7-5-4-6-12(14)15-11(10-17)8-9-13(18)16(15)19-2/h4-10,18H,3H2,1-2H3. The molecule has 0 aliphatic rings. The van der Waals surface area contributed by atoms with Crippen LogP contribution in [0.2, 0.25) is 0 Å². The minimum atomic E-state index is -0.0144. The molecule has 2 aromatic carbocycles. The topological polar surface area (TPSA) is 55.8 Å². The lowest BCUT2D eigenvalue weighted by atomic mass is 9.97. The predicted octanol–water partition coefficient (Wildman–Crippen LogP) is 3.28. The van der Waals surface area contributed by atoms with Crippen LogP contribution in [0.4, 0.5) is 0 Å². The molecule has 1 N–H and O–H groups in total. The molecule has 0 amide bonds. The number of phenols is 1. The van der Waals surface area contributed by atoms with Crippen molar-refractivity contribution >= 4 is 6.29 Å². The van der Waals surface area contributed by atoms with Crippen LogP contribution in [0.5, 0.6) is 17.2 Å². The van der Waals surface area contributed by atoms with Crippen LogP contribution in [-0.4, -0.2) is 25.1 Å². The van der Waals surface area contributed by atoms with E-state index in [2.05, 4.69) is 0 Å². The first-order chi connectivity index (χ1) is 9.72. The van der Waals surface area contributed by atoms with E-state index in [1.54, 1.807) is 6.07 Å². The van der Waals surface area contributed by atoms with Crippen LogP contribution in [0, 0.1) is 0 Å². The minimum absolute atomic E-state index is 0.0144. The van der Waals surface area contributed by atoms with Crippen LogP contribution in [-0.2, 0) is 0 Å². The Bertz CT molecular complexity index is 620. The summed E-state index contributed by atoms with van der Waals surface area (Å²) in [6.45, 7) is 2.39. The monoisotopic (exact) mass is 272 g/mol. The number of para-hydroxylation sites is 1. The van der Waals surface area contributed by atoms with Gasteiger partial charge in [-0.15, -0.1) is 0 Å². The molecule has 2 rings (SSSR count). The van der Waals surface area contributed by atoms with E-state index >= 15 is 0 Å². The van der Waals surface area contributed by atoms with Gasteiger partial charge in [0.25, 0.3) is 0 Å². The number of hydrogen-bond donors (Lipinski definition) is 1. The molecule has 20 heavy (non-hydrogen) atoms. The highest BCUT2D eigenvalue weighted by Crippen LogP contribution is 2.43. The molecule has 0 unspecified atom stereocenters. The fraction of sp³-hybridized carbons (Fsp3) is 0.188. The van der Waals surface area contributed by atoms with Gasteiger partial charge in [-0.3, -0.25) is 4.79 Å². The summed E-state index contributed by atoms with van der Waals surface area (Å²) in [5, 5.41) is 9.91. The average molecular weight is 272 g/mol. The highest BCUT2D eigenvalue weighted by atomic mass is 16.5. The van der Waals surface area contributed by atoms with Gasteiger partial charge in [0, 0.05) is 16.7 Å². The normalized spacial score (nSPS) is 10.1. The average Bonchev–Trinajstić information content (AvgIpc) is 2.48. The zero-order chi connectivity index (χ0) is 14.5. The van der Waals surface area contributed by atoms with E-state index < -0.39 is 0 Å². The Kier molecular flexibility index (Phi) is 4.25. The zero-order valence-electron chi connectivity index (χ0n) is 11.4. The molecular formula is C16H16O4. The summed E-state index contributed by atoms with van der Waals surface area (Å²) in [6, 6.07) is 10.3. The number of ether oxygens (including phenoxy) is 2. The van der Waals surface area contributed by atoms with Crippen LogP contribution in [0.25, 0.3) is 11.1 Å². The molecule has 0 heterocycles. The lowest BCUT2D eigenvalue weighted by molar-refractivity contribution is 0.112. The SMILES string of the molecule is CCOc1ccccc1-c1c(C=O)ccc(O)c1OC. The summed E-state index contributed by atoms with van der Waals surface area (Å²) in [4.78, 5) is 11.3. The van der Waals surface area contributed by atoms with E-state index in [4.69, 9.17) is 9.47 Å². The Morgan fingerprint density at radius 2 is 1.95 bits per heavy atom. The van der Waals surface area contributed by atoms with Crippen LogP contribution >= 0.6 is 0 Å². The number of rotatable bonds is 5. The van der Waals surface area contributed by atoms with Gasteiger partial charge in [0.15, 0.2) is 17.8 Å². The first-order valence-electron chi connectivity index (χ1n) is 6.30. The molecule has 4 heteroatoms. The second kappa shape index (κ2) is 6.10. The molecule has 2 aromatic rings. The van der Waals surface area contributed by atoms with Crippen molar-refractivity contribution in [3.05, 3.63) is 42.0 Å². The highest BCUT2D eigenvalue weighted by molar-refractivity contribution is 5.93. The molecule has 0 aromatic heterocycles. The van der Waals surface area contributed by atoms with Crippen LogP contribution in [0.3, 0.4) is 0 Å². The van der Waals surface area contributed by atoms with Gasteiger partial charge in [0.2, 0.25) is 0 Å². The molecule has 0 saturated carbocycles. The molecule has 0 spiro atoms. The van der Waals surface area contributed by atoms with Crippen LogP contribution < -0.4 is 9.47 Å². The van der Waals surface area contributed by atoms with Gasteiger partial charge in [0.05, 0.1) is 13.7 Å². The van der Waals surface area contributed by atoms with Crippen molar-refractivity contribution in [2.45, 2.75) is 6.92 Å². The largest absolute Gasteiger partial charge is 0.504 e. The summed E-state index contributed by atoms with van der Waals surface area (Å²) in [6.07, 6.45) is 0.736. The number of hydrogen-bond acceptors (Lipinski definition) is 4. The molecule has 0 radical (unpaired) electrons. The van der Waals surface area contributed by atoms with Gasteiger partial charge in [0.1, 0.15) is 5.75 Å². The molecular weight excluding hydrogens is 256 g/mol. The summed E-state index contributed by atoms with van der Waals surface area (Å²) < 4.78 is 10.8. The van der Waals surface area contributed by atoms with Crippen LogP contribution in [0.15, 0.2) is 36.4 Å². The number of carbonyl (C=O) groups is 1. The molecule has 0 bridgehead atoms. The summed E-state index contributed by atoms with van der Waals surface area (Å²) in [7, 11) is 1.45. The van der Waals surface area contributed by atoms with E-state index in [9.17, 15) is 9.90 Å².